The molecule has 0 N–H and O–H groups in total. The second kappa shape index (κ2) is 12.6. The van der Waals surface area contributed by atoms with E-state index in [1.165, 1.54) is 20.2 Å². The first kappa shape index (κ1) is 31.9. The number of nitrogens with zero attached hydrogens (tertiary/aromatic N) is 3. The van der Waals surface area contributed by atoms with E-state index in [-0.39, 0.29) is 0 Å². The topological polar surface area (TPSA) is 65.0 Å². The normalized spacial score (nSPS) is 11.9. The fourth-order valence-electron chi connectivity index (χ4n) is 8.17. The molecule has 0 saturated carbocycles. The molecule has 0 radical (unpaired) electrons. The first-order valence-electron chi connectivity index (χ1n) is 18.9. The lowest BCUT2D eigenvalue weighted by atomic mass is 9.92. The van der Waals surface area contributed by atoms with Gasteiger partial charge in [0, 0.05) is 58.4 Å². The van der Waals surface area contributed by atoms with Crippen molar-refractivity contribution in [2.45, 2.75) is 0 Å². The molecule has 266 valence electrons. The molecule has 6 heteroatoms. The van der Waals surface area contributed by atoms with E-state index in [1.807, 2.05) is 48.5 Å². The summed E-state index contributed by atoms with van der Waals surface area (Å²) in [7, 11) is 0. The van der Waals surface area contributed by atoms with Crippen molar-refractivity contribution >= 4 is 75.4 Å². The summed E-state index contributed by atoms with van der Waals surface area (Å²) in [6.45, 7) is 0. The van der Waals surface area contributed by atoms with Gasteiger partial charge < -0.3 is 8.83 Å². The number of fused-ring (bicyclic) bond motifs is 9. The average Bonchev–Trinajstić information content (AvgIpc) is 3.96. The van der Waals surface area contributed by atoms with E-state index < -0.39 is 0 Å². The maximum atomic E-state index is 6.55. The molecule has 8 aromatic carbocycles. The summed E-state index contributed by atoms with van der Waals surface area (Å²) in [5.74, 6) is 1.84. The van der Waals surface area contributed by atoms with Crippen LogP contribution in [0.4, 0.5) is 0 Å². The third-order valence-electron chi connectivity index (χ3n) is 10.9. The van der Waals surface area contributed by atoms with Gasteiger partial charge in [0.25, 0.3) is 0 Å². The van der Waals surface area contributed by atoms with Crippen molar-refractivity contribution in [1.29, 1.82) is 0 Å². The quantitative estimate of drug-likeness (QED) is 0.175. The Bertz CT molecular complexity index is 3530. The second-order valence-corrected chi connectivity index (χ2v) is 15.4. The van der Waals surface area contributed by atoms with E-state index >= 15 is 0 Å². The maximum absolute atomic E-state index is 6.55. The molecule has 0 unspecified atom stereocenters. The fourth-order valence-corrected chi connectivity index (χ4v) is 9.31. The fraction of sp³-hybridized carbons (Fsp3) is 0. The van der Waals surface area contributed by atoms with E-state index in [0.717, 1.165) is 82.8 Å². The van der Waals surface area contributed by atoms with E-state index in [1.54, 1.807) is 11.3 Å². The summed E-state index contributed by atoms with van der Waals surface area (Å²) in [4.78, 5) is 15.1. The van der Waals surface area contributed by atoms with Gasteiger partial charge in [-0.05, 0) is 76.9 Å². The van der Waals surface area contributed by atoms with Crippen molar-refractivity contribution in [2.75, 3.05) is 0 Å². The predicted molar refractivity (Wildman–Crippen MR) is 234 cm³/mol. The van der Waals surface area contributed by atoms with Crippen molar-refractivity contribution in [3.8, 4) is 56.4 Å². The Morgan fingerprint density at radius 2 is 0.825 bits per heavy atom. The molecule has 0 fully saturated rings. The lowest BCUT2D eigenvalue weighted by Gasteiger charge is -2.11. The van der Waals surface area contributed by atoms with Gasteiger partial charge in [-0.15, -0.1) is 11.3 Å². The van der Waals surface area contributed by atoms with Crippen LogP contribution in [-0.2, 0) is 0 Å². The van der Waals surface area contributed by atoms with Crippen LogP contribution in [-0.4, -0.2) is 15.0 Å². The van der Waals surface area contributed by atoms with E-state index in [9.17, 15) is 0 Å². The number of rotatable bonds is 5. The van der Waals surface area contributed by atoms with Crippen LogP contribution in [0.3, 0.4) is 0 Å². The summed E-state index contributed by atoms with van der Waals surface area (Å²) in [5.41, 5.74) is 10.5. The molecule has 57 heavy (non-hydrogen) atoms. The molecular weight excluding hydrogens is 719 g/mol. The smallest absolute Gasteiger partial charge is 0.164 e. The summed E-state index contributed by atoms with van der Waals surface area (Å²) < 4.78 is 15.4. The SMILES string of the molecule is c1ccc(-c2nc(-c3ccc4c(c3)oc3ccc(-c5cc6oc7ccccc7c6cc5-c5ccccc5)cc34)nc(-c3ccc4c(c3)sc3ccccc34)n2)cc1. The van der Waals surface area contributed by atoms with Crippen LogP contribution in [0.5, 0.6) is 0 Å². The molecule has 4 heterocycles. The predicted octanol–water partition coefficient (Wildman–Crippen LogP) is 14.4. The number of para-hydroxylation sites is 1. The Labute approximate surface area is 330 Å². The molecule has 0 aliphatic rings. The Kier molecular flexibility index (Phi) is 7.03. The standard InChI is InChI=1S/C51H29N3O2S/c1-3-11-30(12-4-1)39-28-42-35-15-7-9-17-43(35)55-46(42)29-40(39)32-21-24-44-41(25-32)36-22-19-33(26-45(36)56-44)50-52-49(31-13-5-2-6-14-31)53-51(54-50)34-20-23-38-37-16-8-10-18-47(37)57-48(38)27-34/h1-29H. The van der Waals surface area contributed by atoms with Gasteiger partial charge in [-0.25, -0.2) is 15.0 Å². The van der Waals surface area contributed by atoms with Crippen molar-refractivity contribution in [3.63, 3.8) is 0 Å². The molecular formula is C51H29N3O2S. The van der Waals surface area contributed by atoms with Gasteiger partial charge in [-0.2, -0.15) is 0 Å². The van der Waals surface area contributed by atoms with Gasteiger partial charge in [0.05, 0.1) is 0 Å². The lowest BCUT2D eigenvalue weighted by molar-refractivity contribution is 0.669. The van der Waals surface area contributed by atoms with Crippen LogP contribution in [0.15, 0.2) is 185 Å². The number of hydrogen-bond donors (Lipinski definition) is 0. The zero-order chi connectivity index (χ0) is 37.5. The maximum Gasteiger partial charge on any atom is 0.164 e. The summed E-state index contributed by atoms with van der Waals surface area (Å²) in [6, 6.07) is 61.1. The highest BCUT2D eigenvalue weighted by Crippen LogP contribution is 2.42. The zero-order valence-electron chi connectivity index (χ0n) is 30.3. The Hall–Kier alpha value is -7.41. The van der Waals surface area contributed by atoms with E-state index in [0.29, 0.717) is 17.5 Å². The van der Waals surface area contributed by atoms with E-state index in [2.05, 4.69) is 127 Å². The van der Waals surface area contributed by atoms with Crippen LogP contribution in [0.2, 0.25) is 0 Å². The molecule has 0 aliphatic heterocycles. The number of benzene rings is 8. The molecule has 4 aromatic heterocycles. The molecule has 12 aromatic rings. The lowest BCUT2D eigenvalue weighted by Crippen LogP contribution is -2.00. The highest BCUT2D eigenvalue weighted by atomic mass is 32.1. The molecule has 0 atom stereocenters. The first-order chi connectivity index (χ1) is 28.2. The van der Waals surface area contributed by atoms with Crippen molar-refractivity contribution < 1.29 is 8.83 Å². The number of furan rings is 2. The van der Waals surface area contributed by atoms with Gasteiger partial charge in [-0.1, -0.05) is 121 Å². The molecule has 0 saturated heterocycles. The largest absolute Gasteiger partial charge is 0.456 e. The minimum absolute atomic E-state index is 0.588. The van der Waals surface area contributed by atoms with Gasteiger partial charge >= 0.3 is 0 Å². The van der Waals surface area contributed by atoms with Crippen LogP contribution in [0, 0.1) is 0 Å². The summed E-state index contributed by atoms with van der Waals surface area (Å²) in [6.07, 6.45) is 0. The Balaban J connectivity index is 0.990. The number of thiophene rings is 1. The van der Waals surface area contributed by atoms with Crippen LogP contribution >= 0.6 is 11.3 Å². The van der Waals surface area contributed by atoms with Crippen LogP contribution in [0.1, 0.15) is 0 Å². The average molecular weight is 748 g/mol. The summed E-state index contributed by atoms with van der Waals surface area (Å²) in [5, 5.41) is 6.78. The molecule has 0 spiro atoms. The molecule has 0 bridgehead atoms. The minimum Gasteiger partial charge on any atom is -0.456 e. The van der Waals surface area contributed by atoms with Gasteiger partial charge in [0.1, 0.15) is 22.3 Å². The van der Waals surface area contributed by atoms with Crippen molar-refractivity contribution in [2.24, 2.45) is 0 Å². The zero-order valence-corrected chi connectivity index (χ0v) is 31.1. The number of aromatic nitrogens is 3. The van der Waals surface area contributed by atoms with Gasteiger partial charge in [-0.3, -0.25) is 0 Å². The highest BCUT2D eigenvalue weighted by Gasteiger charge is 2.19. The van der Waals surface area contributed by atoms with Crippen LogP contribution in [0.25, 0.3) is 120 Å². The van der Waals surface area contributed by atoms with Crippen molar-refractivity contribution in [1.82, 2.24) is 15.0 Å². The third-order valence-corrected chi connectivity index (χ3v) is 12.1. The molecule has 0 aliphatic carbocycles. The van der Waals surface area contributed by atoms with E-state index in [4.69, 9.17) is 23.8 Å². The highest BCUT2D eigenvalue weighted by molar-refractivity contribution is 7.25. The third kappa shape index (κ3) is 5.26. The first-order valence-corrected chi connectivity index (χ1v) is 19.7. The molecule has 12 rings (SSSR count). The van der Waals surface area contributed by atoms with Crippen molar-refractivity contribution in [3.05, 3.63) is 176 Å². The van der Waals surface area contributed by atoms with Gasteiger partial charge in [0.2, 0.25) is 0 Å². The molecule has 5 nitrogen and oxygen atoms in total. The summed E-state index contributed by atoms with van der Waals surface area (Å²) >= 11 is 1.79. The number of hydrogen-bond acceptors (Lipinski definition) is 6. The Morgan fingerprint density at radius 1 is 0.298 bits per heavy atom. The minimum atomic E-state index is 0.588. The Morgan fingerprint density at radius 3 is 1.61 bits per heavy atom. The molecule has 0 amide bonds. The van der Waals surface area contributed by atoms with Crippen LogP contribution < -0.4 is 0 Å². The second-order valence-electron chi connectivity index (χ2n) is 14.4. The monoisotopic (exact) mass is 747 g/mol. The van der Waals surface area contributed by atoms with Gasteiger partial charge in [0.15, 0.2) is 17.5 Å².